The highest BCUT2D eigenvalue weighted by Crippen LogP contribution is 2.32. The smallest absolute Gasteiger partial charge is 0.123 e. The molecule has 1 aliphatic heterocycles. The van der Waals surface area contributed by atoms with Gasteiger partial charge in [0.25, 0.3) is 0 Å². The lowest BCUT2D eigenvalue weighted by molar-refractivity contribution is 0.150. The van der Waals surface area contributed by atoms with E-state index in [0.717, 1.165) is 37.6 Å². The number of hydrogen-bond donors (Lipinski definition) is 0. The normalized spacial score (nSPS) is 17.4. The van der Waals surface area contributed by atoms with Crippen LogP contribution < -0.4 is 9.47 Å². The number of benzene rings is 1. The summed E-state index contributed by atoms with van der Waals surface area (Å²) in [6.45, 7) is 7.81. The Morgan fingerprint density at radius 3 is 2.63 bits per heavy atom. The Kier molecular flexibility index (Phi) is 5.08. The highest BCUT2D eigenvalue weighted by atomic mass is 16.5. The minimum atomic E-state index is 0.292. The first kappa shape index (κ1) is 14.2. The third-order valence-corrected chi connectivity index (χ3v) is 3.55. The Labute approximate surface area is 116 Å². The Bertz CT molecular complexity index is 400. The molecule has 0 aromatic heterocycles. The molecule has 1 aromatic carbocycles. The monoisotopic (exact) mass is 263 g/mol. The van der Waals surface area contributed by atoms with Gasteiger partial charge < -0.3 is 9.47 Å². The van der Waals surface area contributed by atoms with Crippen LogP contribution >= 0.6 is 0 Å². The molecule has 0 N–H and O–H groups in total. The third kappa shape index (κ3) is 3.63. The van der Waals surface area contributed by atoms with Crippen molar-refractivity contribution in [2.75, 3.05) is 26.7 Å². The van der Waals surface area contributed by atoms with E-state index in [2.05, 4.69) is 24.8 Å². The topological polar surface area (TPSA) is 21.7 Å². The van der Waals surface area contributed by atoms with E-state index in [0.29, 0.717) is 6.10 Å². The Morgan fingerprint density at radius 2 is 2.00 bits per heavy atom. The standard InChI is InChI=1S/C16H25NO2/c1-4-8-17(9-5-2)12-15-11-13-10-14(18-3)6-7-16(13)19-15/h6-7,10,15H,4-5,8-9,11-12H2,1-3H3. The van der Waals surface area contributed by atoms with E-state index in [1.54, 1.807) is 7.11 Å². The summed E-state index contributed by atoms with van der Waals surface area (Å²) < 4.78 is 11.3. The summed E-state index contributed by atoms with van der Waals surface area (Å²) in [5.41, 5.74) is 1.28. The van der Waals surface area contributed by atoms with Gasteiger partial charge in [0.2, 0.25) is 0 Å². The molecule has 0 radical (unpaired) electrons. The second kappa shape index (κ2) is 6.80. The van der Waals surface area contributed by atoms with Gasteiger partial charge in [-0.25, -0.2) is 0 Å². The average Bonchev–Trinajstić information content (AvgIpc) is 2.80. The highest BCUT2D eigenvalue weighted by molar-refractivity contribution is 5.43. The van der Waals surface area contributed by atoms with Gasteiger partial charge in [-0.15, -0.1) is 0 Å². The van der Waals surface area contributed by atoms with Gasteiger partial charge in [-0.2, -0.15) is 0 Å². The average molecular weight is 263 g/mol. The van der Waals surface area contributed by atoms with E-state index in [-0.39, 0.29) is 0 Å². The molecule has 0 saturated carbocycles. The summed E-state index contributed by atoms with van der Waals surface area (Å²) in [6.07, 6.45) is 3.69. The van der Waals surface area contributed by atoms with Gasteiger partial charge in [0.15, 0.2) is 0 Å². The number of ether oxygens (including phenoxy) is 2. The molecule has 0 saturated heterocycles. The highest BCUT2D eigenvalue weighted by Gasteiger charge is 2.24. The second-order valence-corrected chi connectivity index (χ2v) is 5.22. The van der Waals surface area contributed by atoms with Gasteiger partial charge in [-0.05, 0) is 44.1 Å². The molecule has 1 aromatic rings. The van der Waals surface area contributed by atoms with E-state index in [4.69, 9.17) is 9.47 Å². The molecule has 0 spiro atoms. The molecule has 3 nitrogen and oxygen atoms in total. The predicted molar refractivity (Wildman–Crippen MR) is 78.1 cm³/mol. The number of hydrogen-bond acceptors (Lipinski definition) is 3. The van der Waals surface area contributed by atoms with Gasteiger partial charge in [-0.1, -0.05) is 13.8 Å². The summed E-state index contributed by atoms with van der Waals surface area (Å²) in [5.74, 6) is 1.95. The molecular weight excluding hydrogens is 238 g/mol. The molecule has 1 aliphatic rings. The molecule has 1 atom stereocenters. The second-order valence-electron chi connectivity index (χ2n) is 5.22. The van der Waals surface area contributed by atoms with Crippen molar-refractivity contribution in [2.45, 2.75) is 39.2 Å². The molecule has 0 fully saturated rings. The van der Waals surface area contributed by atoms with Crippen LogP contribution in [0.15, 0.2) is 18.2 Å². The van der Waals surface area contributed by atoms with E-state index in [9.17, 15) is 0 Å². The van der Waals surface area contributed by atoms with E-state index in [1.165, 1.54) is 18.4 Å². The molecule has 0 aliphatic carbocycles. The SMILES string of the molecule is CCCN(CCC)CC1Cc2cc(OC)ccc2O1. The first-order valence-electron chi connectivity index (χ1n) is 7.32. The lowest BCUT2D eigenvalue weighted by Crippen LogP contribution is -2.35. The van der Waals surface area contributed by atoms with Crippen LogP contribution in [0.2, 0.25) is 0 Å². The van der Waals surface area contributed by atoms with Crippen LogP contribution in [0.3, 0.4) is 0 Å². The lowest BCUT2D eigenvalue weighted by Gasteiger charge is -2.24. The largest absolute Gasteiger partial charge is 0.497 e. The Hall–Kier alpha value is -1.22. The molecule has 0 bridgehead atoms. The van der Waals surface area contributed by atoms with Crippen LogP contribution in [0.25, 0.3) is 0 Å². The summed E-state index contributed by atoms with van der Waals surface area (Å²) in [7, 11) is 1.71. The molecule has 1 heterocycles. The van der Waals surface area contributed by atoms with Crippen LogP contribution in [0.1, 0.15) is 32.3 Å². The summed E-state index contributed by atoms with van der Waals surface area (Å²) in [5, 5.41) is 0. The van der Waals surface area contributed by atoms with E-state index in [1.807, 2.05) is 12.1 Å². The van der Waals surface area contributed by atoms with Crippen LogP contribution in [-0.2, 0) is 6.42 Å². The number of rotatable bonds is 7. The molecule has 19 heavy (non-hydrogen) atoms. The fraction of sp³-hybridized carbons (Fsp3) is 0.625. The maximum atomic E-state index is 6.03. The van der Waals surface area contributed by atoms with Crippen LogP contribution in [0.5, 0.6) is 11.5 Å². The van der Waals surface area contributed by atoms with Crippen molar-refractivity contribution >= 4 is 0 Å². The molecule has 3 heteroatoms. The quantitative estimate of drug-likeness (QED) is 0.754. The molecular formula is C16H25NO2. The zero-order valence-electron chi connectivity index (χ0n) is 12.3. The van der Waals surface area contributed by atoms with E-state index >= 15 is 0 Å². The fourth-order valence-electron chi connectivity index (χ4n) is 2.74. The number of methoxy groups -OCH3 is 1. The molecule has 1 unspecified atom stereocenters. The third-order valence-electron chi connectivity index (χ3n) is 3.55. The molecule has 2 rings (SSSR count). The zero-order chi connectivity index (χ0) is 13.7. The first-order chi connectivity index (χ1) is 9.26. The molecule has 106 valence electrons. The first-order valence-corrected chi connectivity index (χ1v) is 7.32. The minimum absolute atomic E-state index is 0.292. The van der Waals surface area contributed by atoms with Gasteiger partial charge in [0, 0.05) is 18.5 Å². The van der Waals surface area contributed by atoms with Gasteiger partial charge in [-0.3, -0.25) is 4.90 Å². The maximum absolute atomic E-state index is 6.03. The van der Waals surface area contributed by atoms with Crippen molar-refractivity contribution in [3.8, 4) is 11.5 Å². The Balaban J connectivity index is 1.95. The van der Waals surface area contributed by atoms with Crippen LogP contribution in [-0.4, -0.2) is 37.7 Å². The zero-order valence-corrected chi connectivity index (χ0v) is 12.3. The summed E-state index contributed by atoms with van der Waals surface area (Å²) in [6, 6.07) is 6.09. The van der Waals surface area contributed by atoms with Crippen molar-refractivity contribution in [3.63, 3.8) is 0 Å². The summed E-state index contributed by atoms with van der Waals surface area (Å²) in [4.78, 5) is 2.51. The summed E-state index contributed by atoms with van der Waals surface area (Å²) >= 11 is 0. The minimum Gasteiger partial charge on any atom is -0.497 e. The maximum Gasteiger partial charge on any atom is 0.123 e. The van der Waals surface area contributed by atoms with Crippen LogP contribution in [0, 0.1) is 0 Å². The number of fused-ring (bicyclic) bond motifs is 1. The fourth-order valence-corrected chi connectivity index (χ4v) is 2.74. The Morgan fingerprint density at radius 1 is 1.26 bits per heavy atom. The van der Waals surface area contributed by atoms with Crippen molar-refractivity contribution in [3.05, 3.63) is 23.8 Å². The predicted octanol–water partition coefficient (Wildman–Crippen LogP) is 3.12. The van der Waals surface area contributed by atoms with Gasteiger partial charge >= 0.3 is 0 Å². The van der Waals surface area contributed by atoms with Crippen molar-refractivity contribution in [2.24, 2.45) is 0 Å². The molecule has 0 amide bonds. The van der Waals surface area contributed by atoms with Crippen molar-refractivity contribution < 1.29 is 9.47 Å². The van der Waals surface area contributed by atoms with Crippen molar-refractivity contribution in [1.82, 2.24) is 4.90 Å². The van der Waals surface area contributed by atoms with Crippen molar-refractivity contribution in [1.29, 1.82) is 0 Å². The van der Waals surface area contributed by atoms with Crippen LogP contribution in [0.4, 0.5) is 0 Å². The van der Waals surface area contributed by atoms with Gasteiger partial charge in [0.1, 0.15) is 17.6 Å². The van der Waals surface area contributed by atoms with E-state index < -0.39 is 0 Å². The number of nitrogens with zero attached hydrogens (tertiary/aromatic N) is 1. The van der Waals surface area contributed by atoms with Gasteiger partial charge in [0.05, 0.1) is 7.11 Å². The lowest BCUT2D eigenvalue weighted by atomic mass is 10.1.